The minimum absolute atomic E-state index is 0.0544. The van der Waals surface area contributed by atoms with Crippen molar-refractivity contribution in [2.24, 2.45) is 0 Å². The van der Waals surface area contributed by atoms with E-state index in [0.717, 1.165) is 5.52 Å². The Morgan fingerprint density at radius 2 is 2.43 bits per heavy atom. The lowest BCUT2D eigenvalue weighted by Gasteiger charge is -1.97. The molecule has 0 aliphatic heterocycles. The quantitative estimate of drug-likeness (QED) is 0.690. The van der Waals surface area contributed by atoms with Crippen LogP contribution in [0.3, 0.4) is 0 Å². The normalized spacial score (nSPS) is 10.6. The number of pyridine rings is 1. The zero-order valence-electron chi connectivity index (χ0n) is 7.97. The Bertz CT molecular complexity index is 459. The van der Waals surface area contributed by atoms with Gasteiger partial charge in [0, 0.05) is 12.6 Å². The van der Waals surface area contributed by atoms with E-state index in [1.807, 2.05) is 42.1 Å². The third kappa shape index (κ3) is 1.41. The molecule has 0 saturated carbocycles. The zero-order chi connectivity index (χ0) is 9.97. The number of aromatic nitrogens is 2. The third-order valence-electron chi connectivity index (χ3n) is 2.08. The molecule has 0 amide bonds. The maximum Gasteiger partial charge on any atom is 0.198 e. The number of carbonyl (C=O) groups excluding carboxylic acids is 1. The highest BCUT2D eigenvalue weighted by atomic mass is 16.1. The number of hydrogen-bond donors (Lipinski definition) is 0. The smallest absolute Gasteiger partial charge is 0.198 e. The Balaban J connectivity index is 2.47. The first kappa shape index (κ1) is 8.94. The fourth-order valence-corrected chi connectivity index (χ4v) is 1.43. The van der Waals surface area contributed by atoms with Crippen molar-refractivity contribution in [3.05, 3.63) is 42.8 Å². The van der Waals surface area contributed by atoms with Crippen LogP contribution < -0.4 is 0 Å². The van der Waals surface area contributed by atoms with Crippen molar-refractivity contribution in [1.29, 1.82) is 0 Å². The fraction of sp³-hybridized carbons (Fsp3) is 0.182. The molecule has 14 heavy (non-hydrogen) atoms. The molecule has 0 unspecified atom stereocenters. The van der Waals surface area contributed by atoms with Crippen LogP contribution in [0, 0.1) is 6.42 Å². The summed E-state index contributed by atoms with van der Waals surface area (Å²) in [5.41, 5.74) is 0.951. The van der Waals surface area contributed by atoms with Gasteiger partial charge in [-0.3, -0.25) is 9.20 Å². The molecule has 0 aromatic carbocycles. The predicted octanol–water partition coefficient (Wildman–Crippen LogP) is 2.13. The summed E-state index contributed by atoms with van der Waals surface area (Å²) in [4.78, 5) is 15.7. The summed E-state index contributed by atoms with van der Waals surface area (Å²) in [6.07, 6.45) is 5.84. The minimum atomic E-state index is 0.0544. The summed E-state index contributed by atoms with van der Waals surface area (Å²) >= 11 is 0. The molecular weight excluding hydrogens is 176 g/mol. The molecule has 0 aliphatic carbocycles. The van der Waals surface area contributed by atoms with Crippen LogP contribution in [0.2, 0.25) is 0 Å². The minimum Gasteiger partial charge on any atom is -0.297 e. The van der Waals surface area contributed by atoms with E-state index in [4.69, 9.17) is 0 Å². The molecule has 2 rings (SSSR count). The van der Waals surface area contributed by atoms with Crippen LogP contribution in [0.5, 0.6) is 0 Å². The van der Waals surface area contributed by atoms with Crippen LogP contribution in [0.1, 0.15) is 24.0 Å². The topological polar surface area (TPSA) is 34.4 Å². The Hall–Kier alpha value is -1.64. The van der Waals surface area contributed by atoms with Crippen molar-refractivity contribution >= 4 is 11.3 Å². The Morgan fingerprint density at radius 1 is 1.57 bits per heavy atom. The number of nitrogens with zero attached hydrogens (tertiary/aromatic N) is 2. The van der Waals surface area contributed by atoms with E-state index in [9.17, 15) is 4.79 Å². The molecule has 0 spiro atoms. The first-order valence-corrected chi connectivity index (χ1v) is 4.56. The molecular formula is C11H11N2O. The highest BCUT2D eigenvalue weighted by molar-refractivity contribution is 5.94. The van der Waals surface area contributed by atoms with Crippen LogP contribution >= 0.6 is 0 Å². The van der Waals surface area contributed by atoms with Crippen LogP contribution in [0.4, 0.5) is 0 Å². The van der Waals surface area contributed by atoms with Crippen molar-refractivity contribution in [1.82, 2.24) is 9.38 Å². The lowest BCUT2D eigenvalue weighted by molar-refractivity contribution is 0.0981. The van der Waals surface area contributed by atoms with Crippen molar-refractivity contribution in [2.75, 3.05) is 0 Å². The standard InChI is InChI=1S/C11H11N2O/c1-2-5-10(14)11-12-8-9-6-3-4-7-13(9)11/h2-4,6-8H,5H2,1H3. The summed E-state index contributed by atoms with van der Waals surface area (Å²) in [6.45, 7) is 1.87. The number of imidazole rings is 1. The molecule has 0 atom stereocenters. The van der Waals surface area contributed by atoms with Gasteiger partial charge in [-0.05, 0) is 18.6 Å². The number of hydrogen-bond acceptors (Lipinski definition) is 2. The van der Waals surface area contributed by atoms with Crippen molar-refractivity contribution < 1.29 is 4.79 Å². The maximum atomic E-state index is 11.6. The van der Waals surface area contributed by atoms with Gasteiger partial charge in [0.15, 0.2) is 11.6 Å². The average molecular weight is 187 g/mol. The number of fused-ring (bicyclic) bond motifs is 1. The van der Waals surface area contributed by atoms with Gasteiger partial charge >= 0.3 is 0 Å². The van der Waals surface area contributed by atoms with Crippen LogP contribution in [-0.2, 0) is 0 Å². The number of ketones is 1. The average Bonchev–Trinajstić information content (AvgIpc) is 2.61. The third-order valence-corrected chi connectivity index (χ3v) is 2.08. The molecule has 0 N–H and O–H groups in total. The van der Waals surface area contributed by atoms with Crippen LogP contribution in [0.25, 0.3) is 5.52 Å². The van der Waals surface area contributed by atoms with Gasteiger partial charge in [0.25, 0.3) is 0 Å². The summed E-state index contributed by atoms with van der Waals surface area (Å²) in [6, 6.07) is 5.75. The maximum absolute atomic E-state index is 11.6. The van der Waals surface area contributed by atoms with Gasteiger partial charge in [-0.15, -0.1) is 0 Å². The van der Waals surface area contributed by atoms with Gasteiger partial charge in [-0.2, -0.15) is 0 Å². The van der Waals surface area contributed by atoms with E-state index >= 15 is 0 Å². The lowest BCUT2D eigenvalue weighted by atomic mass is 10.2. The molecule has 2 heterocycles. The Labute approximate surface area is 82.4 Å². The zero-order valence-corrected chi connectivity index (χ0v) is 7.97. The van der Waals surface area contributed by atoms with Crippen molar-refractivity contribution in [3.63, 3.8) is 0 Å². The Kier molecular flexibility index (Phi) is 2.31. The first-order valence-electron chi connectivity index (χ1n) is 4.56. The second-order valence-electron chi connectivity index (χ2n) is 3.11. The monoisotopic (exact) mass is 187 g/mol. The van der Waals surface area contributed by atoms with E-state index < -0.39 is 0 Å². The molecule has 1 radical (unpaired) electrons. The first-order chi connectivity index (χ1) is 6.83. The van der Waals surface area contributed by atoms with Gasteiger partial charge in [0.05, 0.1) is 11.7 Å². The summed E-state index contributed by atoms with van der Waals surface area (Å²) in [7, 11) is 0. The number of rotatable bonds is 3. The molecule has 0 fully saturated rings. The Morgan fingerprint density at radius 3 is 3.21 bits per heavy atom. The van der Waals surface area contributed by atoms with E-state index in [2.05, 4.69) is 4.98 Å². The molecule has 3 nitrogen and oxygen atoms in total. The number of Topliss-reactive ketones (excluding diaryl/α,β-unsaturated/α-hetero) is 1. The SMILES string of the molecule is C[CH]CC(=O)c1ncc2ccccn12. The molecule has 3 heteroatoms. The van der Waals surface area contributed by atoms with E-state index in [-0.39, 0.29) is 5.78 Å². The lowest BCUT2D eigenvalue weighted by Crippen LogP contribution is -2.04. The fourth-order valence-electron chi connectivity index (χ4n) is 1.43. The second kappa shape index (κ2) is 3.62. The molecule has 2 aromatic heterocycles. The molecule has 0 aliphatic rings. The van der Waals surface area contributed by atoms with E-state index in [1.54, 1.807) is 6.20 Å². The van der Waals surface area contributed by atoms with Gasteiger partial charge in [-0.25, -0.2) is 4.98 Å². The van der Waals surface area contributed by atoms with Gasteiger partial charge in [-0.1, -0.05) is 13.0 Å². The van der Waals surface area contributed by atoms with Crippen LogP contribution in [-0.4, -0.2) is 15.2 Å². The number of carbonyl (C=O) groups is 1. The summed E-state index contributed by atoms with van der Waals surface area (Å²) < 4.78 is 1.81. The van der Waals surface area contributed by atoms with Crippen molar-refractivity contribution in [2.45, 2.75) is 13.3 Å². The molecule has 2 aromatic rings. The van der Waals surface area contributed by atoms with E-state index in [1.165, 1.54) is 0 Å². The predicted molar refractivity (Wildman–Crippen MR) is 54.1 cm³/mol. The summed E-state index contributed by atoms with van der Waals surface area (Å²) in [5, 5.41) is 0. The van der Waals surface area contributed by atoms with Gasteiger partial charge < -0.3 is 0 Å². The van der Waals surface area contributed by atoms with E-state index in [0.29, 0.717) is 12.2 Å². The largest absolute Gasteiger partial charge is 0.297 e. The van der Waals surface area contributed by atoms with Gasteiger partial charge in [0.1, 0.15) is 0 Å². The highest BCUT2D eigenvalue weighted by Crippen LogP contribution is 2.08. The van der Waals surface area contributed by atoms with Gasteiger partial charge in [0.2, 0.25) is 0 Å². The highest BCUT2D eigenvalue weighted by Gasteiger charge is 2.10. The second-order valence-corrected chi connectivity index (χ2v) is 3.11. The molecule has 71 valence electrons. The summed E-state index contributed by atoms with van der Waals surface area (Å²) in [5.74, 6) is 0.567. The molecule has 0 bridgehead atoms. The van der Waals surface area contributed by atoms with Crippen molar-refractivity contribution in [3.8, 4) is 0 Å². The molecule has 0 saturated heterocycles. The van der Waals surface area contributed by atoms with Crippen LogP contribution in [0.15, 0.2) is 30.6 Å².